The highest BCUT2D eigenvalue weighted by Gasteiger charge is 2.35. The van der Waals surface area contributed by atoms with Gasteiger partial charge in [0.1, 0.15) is 5.75 Å². The van der Waals surface area contributed by atoms with Crippen molar-refractivity contribution in [3.8, 4) is 5.75 Å². The first-order chi connectivity index (χ1) is 9.98. The summed E-state index contributed by atoms with van der Waals surface area (Å²) in [5.74, 6) is 0.359. The van der Waals surface area contributed by atoms with E-state index in [1.165, 1.54) is 31.3 Å². The van der Waals surface area contributed by atoms with Gasteiger partial charge in [-0.2, -0.15) is 4.31 Å². The summed E-state index contributed by atoms with van der Waals surface area (Å²) in [6.07, 6.45) is 0. The van der Waals surface area contributed by atoms with Crippen LogP contribution in [-0.4, -0.2) is 64.1 Å². The third-order valence-electron chi connectivity index (χ3n) is 3.26. The number of ether oxygens (including phenoxy) is 2. The van der Waals surface area contributed by atoms with Gasteiger partial charge in [-0.25, -0.2) is 8.42 Å². The molecule has 2 rings (SSSR count). The third kappa shape index (κ3) is 3.34. The fourth-order valence-corrected chi connectivity index (χ4v) is 3.37. The Morgan fingerprint density at radius 1 is 1.19 bits per heavy atom. The summed E-state index contributed by atoms with van der Waals surface area (Å²) in [6, 6.07) is 6.09. The zero-order valence-electron chi connectivity index (χ0n) is 12.0. The lowest BCUT2D eigenvalue weighted by Gasteiger charge is -2.17. The fourth-order valence-electron chi connectivity index (χ4n) is 2.02. The quantitative estimate of drug-likeness (QED) is 0.746. The molecule has 1 saturated heterocycles. The SMILES string of the molecule is COCCN1CN(S(=O)(=O)c2ccc(OC)cc2)CC1=O. The molecule has 0 aliphatic carbocycles. The topological polar surface area (TPSA) is 76.2 Å². The van der Waals surface area contributed by atoms with E-state index in [1.54, 1.807) is 12.1 Å². The first kappa shape index (κ1) is 15.7. The van der Waals surface area contributed by atoms with Crippen molar-refractivity contribution in [2.45, 2.75) is 4.90 Å². The smallest absolute Gasteiger partial charge is 0.245 e. The summed E-state index contributed by atoms with van der Waals surface area (Å²) in [5, 5.41) is 0. The van der Waals surface area contributed by atoms with Crippen LogP contribution in [0.4, 0.5) is 0 Å². The van der Waals surface area contributed by atoms with Crippen molar-refractivity contribution < 1.29 is 22.7 Å². The number of sulfonamides is 1. The minimum atomic E-state index is -3.68. The molecule has 21 heavy (non-hydrogen) atoms. The van der Waals surface area contributed by atoms with Gasteiger partial charge < -0.3 is 14.4 Å². The number of hydrogen-bond donors (Lipinski definition) is 0. The van der Waals surface area contributed by atoms with E-state index in [9.17, 15) is 13.2 Å². The van der Waals surface area contributed by atoms with Gasteiger partial charge in [0.05, 0.1) is 31.8 Å². The van der Waals surface area contributed by atoms with Gasteiger partial charge in [-0.3, -0.25) is 4.79 Å². The van der Waals surface area contributed by atoms with Gasteiger partial charge in [-0.1, -0.05) is 0 Å². The molecule has 1 fully saturated rings. The Kier molecular flexibility index (Phi) is 4.81. The van der Waals surface area contributed by atoms with Gasteiger partial charge in [0.2, 0.25) is 15.9 Å². The molecule has 1 amide bonds. The number of carbonyl (C=O) groups excluding carboxylic acids is 1. The van der Waals surface area contributed by atoms with Gasteiger partial charge in [0.25, 0.3) is 0 Å². The molecule has 116 valence electrons. The number of hydrogen-bond acceptors (Lipinski definition) is 5. The maximum Gasteiger partial charge on any atom is 0.245 e. The van der Waals surface area contributed by atoms with Crippen LogP contribution in [0.3, 0.4) is 0 Å². The van der Waals surface area contributed by atoms with E-state index in [0.29, 0.717) is 18.9 Å². The molecular formula is C13H18N2O5S. The van der Waals surface area contributed by atoms with E-state index in [1.807, 2.05) is 0 Å². The highest BCUT2D eigenvalue weighted by Crippen LogP contribution is 2.22. The van der Waals surface area contributed by atoms with Crippen molar-refractivity contribution in [1.29, 1.82) is 0 Å². The second-order valence-corrected chi connectivity index (χ2v) is 6.52. The van der Waals surface area contributed by atoms with E-state index in [4.69, 9.17) is 9.47 Å². The number of benzene rings is 1. The fraction of sp³-hybridized carbons (Fsp3) is 0.462. The van der Waals surface area contributed by atoms with Gasteiger partial charge in [0, 0.05) is 13.7 Å². The van der Waals surface area contributed by atoms with Crippen LogP contribution >= 0.6 is 0 Å². The molecule has 0 bridgehead atoms. The predicted octanol–water partition coefficient (Wildman–Crippen LogP) is 0.132. The normalized spacial score (nSPS) is 16.5. The van der Waals surface area contributed by atoms with Crippen molar-refractivity contribution >= 4 is 15.9 Å². The predicted molar refractivity (Wildman–Crippen MR) is 75.3 cm³/mol. The third-order valence-corrected chi connectivity index (χ3v) is 5.05. The lowest BCUT2D eigenvalue weighted by Crippen LogP contribution is -2.32. The number of rotatable bonds is 6. The van der Waals surface area contributed by atoms with Gasteiger partial charge in [-0.15, -0.1) is 0 Å². The van der Waals surface area contributed by atoms with Crippen LogP contribution in [0.2, 0.25) is 0 Å². The van der Waals surface area contributed by atoms with Crippen LogP contribution in [0.15, 0.2) is 29.2 Å². The number of methoxy groups -OCH3 is 2. The highest BCUT2D eigenvalue weighted by molar-refractivity contribution is 7.89. The Hall–Kier alpha value is -1.64. The van der Waals surface area contributed by atoms with E-state index in [0.717, 1.165) is 4.31 Å². The Labute approximate surface area is 124 Å². The molecule has 7 nitrogen and oxygen atoms in total. The zero-order chi connectivity index (χ0) is 15.5. The number of nitrogens with zero attached hydrogens (tertiary/aromatic N) is 2. The maximum absolute atomic E-state index is 12.5. The first-order valence-electron chi connectivity index (χ1n) is 6.40. The van der Waals surface area contributed by atoms with E-state index in [-0.39, 0.29) is 24.0 Å². The van der Waals surface area contributed by atoms with Crippen molar-refractivity contribution in [3.05, 3.63) is 24.3 Å². The molecule has 1 aliphatic heterocycles. The summed E-state index contributed by atoms with van der Waals surface area (Å²) in [5.41, 5.74) is 0. The lowest BCUT2D eigenvalue weighted by molar-refractivity contribution is -0.127. The molecular weight excluding hydrogens is 296 g/mol. The molecule has 0 saturated carbocycles. The Balaban J connectivity index is 2.14. The van der Waals surface area contributed by atoms with E-state index >= 15 is 0 Å². The number of amides is 1. The van der Waals surface area contributed by atoms with Gasteiger partial charge in [0.15, 0.2) is 0 Å². The maximum atomic E-state index is 12.5. The molecule has 0 spiro atoms. The van der Waals surface area contributed by atoms with Crippen LogP contribution < -0.4 is 4.74 Å². The highest BCUT2D eigenvalue weighted by atomic mass is 32.2. The molecule has 1 aromatic rings. The number of carbonyl (C=O) groups is 1. The van der Waals surface area contributed by atoms with Crippen molar-refractivity contribution in [3.63, 3.8) is 0 Å². The largest absolute Gasteiger partial charge is 0.497 e. The van der Waals surface area contributed by atoms with Crippen molar-refractivity contribution in [2.75, 3.05) is 40.6 Å². The summed E-state index contributed by atoms with van der Waals surface area (Å²) in [4.78, 5) is 13.4. The van der Waals surface area contributed by atoms with Crippen LogP contribution in [0.1, 0.15) is 0 Å². The van der Waals surface area contributed by atoms with Crippen LogP contribution in [-0.2, 0) is 19.6 Å². The van der Waals surface area contributed by atoms with Crippen LogP contribution in [0, 0.1) is 0 Å². The summed E-state index contributed by atoms with van der Waals surface area (Å²) >= 11 is 0. The summed E-state index contributed by atoms with van der Waals surface area (Å²) in [7, 11) is -0.636. The molecule has 0 aromatic heterocycles. The monoisotopic (exact) mass is 314 g/mol. The van der Waals surface area contributed by atoms with E-state index in [2.05, 4.69) is 0 Å². The molecule has 0 radical (unpaired) electrons. The molecule has 1 aromatic carbocycles. The second kappa shape index (κ2) is 6.42. The van der Waals surface area contributed by atoms with Gasteiger partial charge in [-0.05, 0) is 24.3 Å². The molecule has 1 heterocycles. The minimum Gasteiger partial charge on any atom is -0.497 e. The van der Waals surface area contributed by atoms with E-state index < -0.39 is 10.0 Å². The second-order valence-electron chi connectivity index (χ2n) is 4.58. The Morgan fingerprint density at radius 3 is 2.43 bits per heavy atom. The molecule has 0 N–H and O–H groups in total. The summed E-state index contributed by atoms with van der Waals surface area (Å²) in [6.45, 7) is 0.667. The van der Waals surface area contributed by atoms with Gasteiger partial charge >= 0.3 is 0 Å². The Bertz CT molecular complexity index is 599. The van der Waals surface area contributed by atoms with Crippen molar-refractivity contribution in [1.82, 2.24) is 9.21 Å². The Morgan fingerprint density at radius 2 is 1.86 bits per heavy atom. The zero-order valence-corrected chi connectivity index (χ0v) is 12.8. The molecule has 0 atom stereocenters. The average molecular weight is 314 g/mol. The van der Waals surface area contributed by atoms with Crippen LogP contribution in [0.25, 0.3) is 0 Å². The lowest BCUT2D eigenvalue weighted by atomic mass is 10.3. The molecule has 0 unspecified atom stereocenters. The molecule has 1 aliphatic rings. The average Bonchev–Trinajstić information content (AvgIpc) is 2.87. The summed E-state index contributed by atoms with van der Waals surface area (Å²) < 4.78 is 36.0. The minimum absolute atomic E-state index is 0.0521. The molecule has 8 heteroatoms. The van der Waals surface area contributed by atoms with Crippen molar-refractivity contribution in [2.24, 2.45) is 0 Å². The van der Waals surface area contributed by atoms with Crippen LogP contribution in [0.5, 0.6) is 5.75 Å². The standard InChI is InChI=1S/C13H18N2O5S/c1-19-8-7-14-10-15(9-13(14)16)21(17,18)12-5-3-11(20-2)4-6-12/h3-6H,7-10H2,1-2H3. The first-order valence-corrected chi connectivity index (χ1v) is 7.84.